The molecule has 4 atom stereocenters. The topological polar surface area (TPSA) is 124 Å². The van der Waals surface area contributed by atoms with Crippen molar-refractivity contribution in [2.24, 2.45) is 17.8 Å². The third-order valence-electron chi connectivity index (χ3n) is 8.14. The second-order valence-electron chi connectivity index (χ2n) is 10.7. The Bertz CT molecular complexity index is 1430. The Morgan fingerprint density at radius 2 is 1.85 bits per heavy atom. The molecule has 0 radical (unpaired) electrons. The lowest BCUT2D eigenvalue weighted by Gasteiger charge is -2.36. The van der Waals surface area contributed by atoms with Crippen molar-refractivity contribution in [3.05, 3.63) is 95.2 Å². The number of furan rings is 1. The minimum atomic E-state index is -0.917. The molecule has 0 saturated carbocycles. The van der Waals surface area contributed by atoms with Crippen molar-refractivity contribution < 1.29 is 29.3 Å². The number of hydrogen-bond acceptors (Lipinski definition) is 7. The molecule has 214 valence electrons. The molecule has 1 fully saturated rings. The average Bonchev–Trinajstić information content (AvgIpc) is 3.56. The van der Waals surface area contributed by atoms with Crippen LogP contribution >= 0.6 is 0 Å². The number of pyridine rings is 1. The molecule has 41 heavy (non-hydrogen) atoms. The molecule has 2 aliphatic rings. The number of fused-ring (bicyclic) bond motifs is 1. The number of rotatable bonds is 11. The third-order valence-corrected chi connectivity index (χ3v) is 8.14. The summed E-state index contributed by atoms with van der Waals surface area (Å²) in [6.45, 7) is 1.51. The number of aliphatic hydroxyl groups is 3. The predicted molar refractivity (Wildman–Crippen MR) is 155 cm³/mol. The van der Waals surface area contributed by atoms with Gasteiger partial charge in [-0.2, -0.15) is 0 Å². The van der Waals surface area contributed by atoms with Gasteiger partial charge in [0, 0.05) is 12.1 Å². The monoisotopic (exact) mass is 556 g/mol. The first kappa shape index (κ1) is 28.7. The average molecular weight is 557 g/mol. The highest BCUT2D eigenvalue weighted by Crippen LogP contribution is 2.48. The minimum absolute atomic E-state index is 0.201. The first-order valence-electron chi connectivity index (χ1n) is 14.2. The van der Waals surface area contributed by atoms with Crippen molar-refractivity contribution >= 4 is 29.2 Å². The Hall–Kier alpha value is -3.85. The molecular formula is C33H36N2O6. The van der Waals surface area contributed by atoms with Crippen LogP contribution in [0.25, 0.3) is 11.6 Å². The maximum absolute atomic E-state index is 13.7. The molecule has 1 aliphatic carbocycles. The summed E-state index contributed by atoms with van der Waals surface area (Å²) in [5.41, 5.74) is 3.76. The van der Waals surface area contributed by atoms with E-state index in [0.29, 0.717) is 48.5 Å². The number of benzene rings is 1. The van der Waals surface area contributed by atoms with Crippen LogP contribution in [0.3, 0.4) is 0 Å². The Labute approximate surface area is 239 Å². The molecule has 1 aromatic carbocycles. The molecule has 0 unspecified atom stereocenters. The maximum Gasteiger partial charge on any atom is 0.238 e. The summed E-state index contributed by atoms with van der Waals surface area (Å²) >= 11 is 0. The Kier molecular flexibility index (Phi) is 8.93. The number of aromatic nitrogens is 1. The second kappa shape index (κ2) is 12.8. The van der Waals surface area contributed by atoms with Crippen LogP contribution in [0.4, 0.5) is 5.69 Å². The number of carbonyl (C=O) groups is 2. The number of para-hydroxylation sites is 1. The zero-order chi connectivity index (χ0) is 28.9. The Morgan fingerprint density at radius 3 is 2.51 bits per heavy atom. The first-order valence-corrected chi connectivity index (χ1v) is 14.2. The van der Waals surface area contributed by atoms with Crippen molar-refractivity contribution in [3.63, 3.8) is 0 Å². The highest BCUT2D eigenvalue weighted by atomic mass is 16.4. The summed E-state index contributed by atoms with van der Waals surface area (Å²) < 4.78 is 5.67. The number of imide groups is 1. The van der Waals surface area contributed by atoms with E-state index in [1.807, 2.05) is 37.3 Å². The van der Waals surface area contributed by atoms with E-state index in [1.165, 1.54) is 4.90 Å². The van der Waals surface area contributed by atoms with E-state index in [-0.39, 0.29) is 25.0 Å². The molecule has 3 heterocycles. The number of nitrogens with zero attached hydrogens (tertiary/aromatic N) is 2. The molecule has 1 saturated heterocycles. The Morgan fingerprint density at radius 1 is 1.07 bits per heavy atom. The van der Waals surface area contributed by atoms with Crippen LogP contribution in [0, 0.1) is 17.8 Å². The number of carbonyl (C=O) groups excluding carboxylic acids is 2. The lowest BCUT2D eigenvalue weighted by Crippen LogP contribution is -2.39. The molecule has 2 amide bonds. The highest BCUT2D eigenvalue weighted by molar-refractivity contribution is 6.22. The number of allylic oxidation sites excluding steroid dienone is 2. The zero-order valence-corrected chi connectivity index (χ0v) is 23.1. The van der Waals surface area contributed by atoms with Gasteiger partial charge in [-0.25, -0.2) is 0 Å². The van der Waals surface area contributed by atoms with E-state index in [0.717, 1.165) is 23.3 Å². The van der Waals surface area contributed by atoms with Crippen LogP contribution in [-0.2, 0) is 16.2 Å². The van der Waals surface area contributed by atoms with Crippen molar-refractivity contribution in [2.45, 2.75) is 51.7 Å². The van der Waals surface area contributed by atoms with Gasteiger partial charge in [0.15, 0.2) is 0 Å². The van der Waals surface area contributed by atoms with Gasteiger partial charge in [0.2, 0.25) is 11.8 Å². The molecule has 5 rings (SSSR count). The van der Waals surface area contributed by atoms with E-state index < -0.39 is 23.9 Å². The van der Waals surface area contributed by atoms with Gasteiger partial charge in [-0.05, 0) is 79.3 Å². The normalized spacial score (nSPS) is 21.9. The van der Waals surface area contributed by atoms with Gasteiger partial charge in [0.25, 0.3) is 0 Å². The smallest absolute Gasteiger partial charge is 0.238 e. The molecule has 0 spiro atoms. The minimum Gasteiger partial charge on any atom is -0.459 e. The first-order chi connectivity index (χ1) is 20.0. The van der Waals surface area contributed by atoms with Crippen molar-refractivity contribution in [1.82, 2.24) is 4.98 Å². The van der Waals surface area contributed by atoms with E-state index in [9.17, 15) is 24.9 Å². The summed E-state index contributed by atoms with van der Waals surface area (Å²) in [4.78, 5) is 32.9. The van der Waals surface area contributed by atoms with Gasteiger partial charge in [-0.3, -0.25) is 19.5 Å². The molecule has 1 aliphatic heterocycles. The van der Waals surface area contributed by atoms with Crippen LogP contribution in [0.2, 0.25) is 0 Å². The van der Waals surface area contributed by atoms with Crippen LogP contribution in [0.15, 0.2) is 82.4 Å². The molecule has 2 aromatic heterocycles. The van der Waals surface area contributed by atoms with Gasteiger partial charge in [-0.15, -0.1) is 0 Å². The van der Waals surface area contributed by atoms with E-state index in [2.05, 4.69) is 4.98 Å². The molecular weight excluding hydrogens is 520 g/mol. The summed E-state index contributed by atoms with van der Waals surface area (Å²) in [7, 11) is 0. The quantitative estimate of drug-likeness (QED) is 0.230. The highest BCUT2D eigenvalue weighted by Gasteiger charge is 2.55. The van der Waals surface area contributed by atoms with E-state index >= 15 is 0 Å². The molecule has 3 aromatic rings. The summed E-state index contributed by atoms with van der Waals surface area (Å²) in [6, 6.07) is 18.0. The largest absolute Gasteiger partial charge is 0.459 e. The third kappa shape index (κ3) is 5.81. The number of amides is 2. The lowest BCUT2D eigenvalue weighted by molar-refractivity contribution is -0.123. The van der Waals surface area contributed by atoms with Crippen LogP contribution < -0.4 is 4.90 Å². The fraction of sp³-hybridized carbons (Fsp3) is 0.364. The Balaban J connectivity index is 1.43. The van der Waals surface area contributed by atoms with Gasteiger partial charge in [0.05, 0.1) is 35.9 Å². The summed E-state index contributed by atoms with van der Waals surface area (Å²) in [5.74, 6) is -1.46. The summed E-state index contributed by atoms with van der Waals surface area (Å²) in [6.07, 6.45) is 5.31. The van der Waals surface area contributed by atoms with Gasteiger partial charge >= 0.3 is 0 Å². The van der Waals surface area contributed by atoms with Gasteiger partial charge < -0.3 is 19.7 Å². The molecule has 0 bridgehead atoms. The number of hydrogen-bond donors (Lipinski definition) is 3. The van der Waals surface area contributed by atoms with E-state index in [4.69, 9.17) is 4.42 Å². The van der Waals surface area contributed by atoms with Crippen molar-refractivity contribution in [2.75, 3.05) is 11.5 Å². The second-order valence-corrected chi connectivity index (χ2v) is 10.7. The number of aliphatic hydroxyl groups excluding tert-OH is 3. The van der Waals surface area contributed by atoms with Gasteiger partial charge in [-0.1, -0.05) is 43.2 Å². The van der Waals surface area contributed by atoms with Crippen molar-refractivity contribution in [3.8, 4) is 0 Å². The van der Waals surface area contributed by atoms with Crippen LogP contribution in [0.1, 0.15) is 56.2 Å². The fourth-order valence-electron chi connectivity index (χ4n) is 6.33. The summed E-state index contributed by atoms with van der Waals surface area (Å²) in [5, 5.41) is 31.6. The standard InChI is InChI=1S/C33H36N2O6/c1-2-8-22-18-26-31(33(40)35(32(26)39)23-9-4-3-5-10-23)27(20-37)30(22)29(38)15-12-21(28-11-6-7-16-34-28)17-24-13-14-25(19-36)41-24/h3-7,9-11,13-14,16-17,26-27,29,31,36-38H,2,8,12,15,18-20H2,1H3/b21-17-/t26-,27+,29-,31-/m1/s1. The van der Waals surface area contributed by atoms with Crippen LogP contribution in [0.5, 0.6) is 0 Å². The lowest BCUT2D eigenvalue weighted by atomic mass is 9.67. The molecule has 8 nitrogen and oxygen atoms in total. The molecule has 8 heteroatoms. The van der Waals surface area contributed by atoms with Crippen LogP contribution in [-0.4, -0.2) is 44.8 Å². The SMILES string of the molecule is CCCC1=C([C@H](O)CC/C(=C/c2ccc(CO)o2)c2ccccn2)[C@H](CO)[C@@H]2C(=O)N(c3ccccc3)C(=O)[C@@H]2C1. The maximum atomic E-state index is 13.7. The van der Waals surface area contributed by atoms with Gasteiger partial charge in [0.1, 0.15) is 18.1 Å². The van der Waals surface area contributed by atoms with E-state index in [1.54, 1.807) is 42.6 Å². The predicted octanol–water partition coefficient (Wildman–Crippen LogP) is 4.76. The fourth-order valence-corrected chi connectivity index (χ4v) is 6.33. The zero-order valence-electron chi connectivity index (χ0n) is 23.1. The number of anilines is 1. The molecule has 3 N–H and O–H groups in total. The van der Waals surface area contributed by atoms with Crippen molar-refractivity contribution in [1.29, 1.82) is 0 Å².